The molecule has 3 heteroatoms. The lowest BCUT2D eigenvalue weighted by Crippen LogP contribution is -2.00. The van der Waals surface area contributed by atoms with Gasteiger partial charge in [-0.25, -0.2) is 4.39 Å². The molecule has 0 aliphatic carbocycles. The molecule has 0 aromatic carbocycles. The molecule has 0 aromatic rings. The largest absolute Gasteiger partial charge is 0.287 e. The van der Waals surface area contributed by atoms with E-state index in [0.717, 1.165) is 18.6 Å². The van der Waals surface area contributed by atoms with Gasteiger partial charge in [-0.15, -0.1) is 0 Å². The number of carbonyl (C=O) groups excluding carboxylic acids is 1. The summed E-state index contributed by atoms with van der Waals surface area (Å²) in [5.41, 5.74) is 0. The molecule has 0 aromatic heterocycles. The Bertz CT molecular complexity index is 139. The summed E-state index contributed by atoms with van der Waals surface area (Å²) in [6, 6.07) is 0. The van der Waals surface area contributed by atoms with Crippen molar-refractivity contribution in [3.05, 3.63) is 0 Å². The minimum atomic E-state index is -0.665. The highest BCUT2D eigenvalue weighted by molar-refractivity contribution is 8.13. The Morgan fingerprint density at radius 3 is 2.62 bits per heavy atom. The second-order valence-electron chi connectivity index (χ2n) is 3.10. The Hall–Kier alpha value is -0.0500. The maximum Gasteiger partial charge on any atom is 0.188 e. The minimum Gasteiger partial charge on any atom is -0.287 e. The molecule has 0 aliphatic heterocycles. The van der Waals surface area contributed by atoms with Gasteiger partial charge in [0.1, 0.15) is 6.17 Å². The normalized spacial score (nSPS) is 12.8. The molecule has 0 spiro atoms. The van der Waals surface area contributed by atoms with Crippen LogP contribution in [0.25, 0.3) is 0 Å². The third kappa shape index (κ3) is 8.28. The molecule has 1 unspecified atom stereocenters. The second-order valence-corrected chi connectivity index (χ2v) is 4.25. The molecule has 0 saturated carbocycles. The molecule has 0 aliphatic rings. The van der Waals surface area contributed by atoms with Gasteiger partial charge >= 0.3 is 0 Å². The fourth-order valence-electron chi connectivity index (χ4n) is 1.05. The summed E-state index contributed by atoms with van der Waals surface area (Å²) in [5, 5.41) is 0.214. The van der Waals surface area contributed by atoms with Crippen molar-refractivity contribution >= 4 is 16.9 Å². The van der Waals surface area contributed by atoms with Gasteiger partial charge in [-0.3, -0.25) is 4.79 Å². The Kier molecular flexibility index (Phi) is 8.51. The third-order valence-corrected chi connectivity index (χ3v) is 2.92. The molecule has 0 rings (SSSR count). The van der Waals surface area contributed by atoms with Crippen molar-refractivity contribution in [1.29, 1.82) is 0 Å². The summed E-state index contributed by atoms with van der Waals surface area (Å²) in [6.45, 7) is 3.84. The van der Waals surface area contributed by atoms with Crippen molar-refractivity contribution in [1.82, 2.24) is 0 Å². The van der Waals surface area contributed by atoms with Crippen LogP contribution in [0.4, 0.5) is 4.39 Å². The predicted octanol–water partition coefficient (Wildman–Crippen LogP) is 3.57. The fraction of sp³-hybridized carbons (Fsp3) is 0.900. The number of alkyl halides is 1. The van der Waals surface area contributed by atoms with Crippen molar-refractivity contribution < 1.29 is 9.18 Å². The van der Waals surface area contributed by atoms with E-state index in [-0.39, 0.29) is 5.12 Å². The van der Waals surface area contributed by atoms with Crippen molar-refractivity contribution in [2.24, 2.45) is 0 Å². The Morgan fingerprint density at radius 2 is 2.08 bits per heavy atom. The lowest BCUT2D eigenvalue weighted by Gasteiger charge is -2.04. The van der Waals surface area contributed by atoms with Gasteiger partial charge in [0.2, 0.25) is 0 Å². The summed E-state index contributed by atoms with van der Waals surface area (Å²) in [7, 11) is 0. The highest BCUT2D eigenvalue weighted by Gasteiger charge is 2.05. The summed E-state index contributed by atoms with van der Waals surface area (Å²) in [5.74, 6) is 0.775. The van der Waals surface area contributed by atoms with E-state index in [9.17, 15) is 9.18 Å². The summed E-state index contributed by atoms with van der Waals surface area (Å²) >= 11 is 1.33. The summed E-state index contributed by atoms with van der Waals surface area (Å²) in [6.07, 6.45) is 2.91. The van der Waals surface area contributed by atoms with Crippen LogP contribution in [-0.2, 0) is 4.79 Å². The van der Waals surface area contributed by atoms with Gasteiger partial charge in [-0.1, -0.05) is 32.0 Å². The number of rotatable bonds is 7. The summed E-state index contributed by atoms with van der Waals surface area (Å²) < 4.78 is 12.9. The van der Waals surface area contributed by atoms with Gasteiger partial charge in [-0.05, 0) is 19.3 Å². The number of carbonyl (C=O) groups is 1. The third-order valence-electron chi connectivity index (χ3n) is 1.82. The van der Waals surface area contributed by atoms with E-state index in [1.54, 1.807) is 0 Å². The monoisotopic (exact) mass is 206 g/mol. The maximum atomic E-state index is 12.9. The van der Waals surface area contributed by atoms with Crippen molar-refractivity contribution in [3.8, 4) is 0 Å². The molecule has 1 nitrogen and oxygen atoms in total. The minimum absolute atomic E-state index is 0.214. The number of halogens is 1. The molecular weight excluding hydrogens is 187 g/mol. The topological polar surface area (TPSA) is 17.1 Å². The van der Waals surface area contributed by atoms with Crippen LogP contribution in [0.2, 0.25) is 0 Å². The first-order valence-electron chi connectivity index (χ1n) is 5.00. The molecule has 0 fully saturated rings. The Balaban J connectivity index is 3.20. The Labute approximate surface area is 84.5 Å². The van der Waals surface area contributed by atoms with Gasteiger partial charge < -0.3 is 0 Å². The van der Waals surface area contributed by atoms with E-state index in [2.05, 4.69) is 0 Å². The highest BCUT2D eigenvalue weighted by atomic mass is 32.2. The molecule has 78 valence electrons. The number of hydrogen-bond acceptors (Lipinski definition) is 2. The molecule has 0 amide bonds. The van der Waals surface area contributed by atoms with Gasteiger partial charge in [0.05, 0.1) is 0 Å². The quantitative estimate of drug-likeness (QED) is 0.592. The van der Waals surface area contributed by atoms with Gasteiger partial charge in [0.15, 0.2) is 5.12 Å². The lowest BCUT2D eigenvalue weighted by atomic mass is 10.1. The smallest absolute Gasteiger partial charge is 0.188 e. The maximum absolute atomic E-state index is 12.9. The fourth-order valence-corrected chi connectivity index (χ4v) is 1.79. The van der Waals surface area contributed by atoms with E-state index in [1.165, 1.54) is 11.8 Å². The first kappa shape index (κ1) is 12.9. The van der Waals surface area contributed by atoms with Crippen molar-refractivity contribution in [2.45, 2.75) is 52.1 Å². The average molecular weight is 206 g/mol. The zero-order valence-corrected chi connectivity index (χ0v) is 9.33. The number of hydrogen-bond donors (Lipinski definition) is 0. The van der Waals surface area contributed by atoms with Gasteiger partial charge in [-0.2, -0.15) is 0 Å². The van der Waals surface area contributed by atoms with E-state index < -0.39 is 6.17 Å². The van der Waals surface area contributed by atoms with E-state index in [1.807, 2.05) is 13.8 Å². The molecule has 13 heavy (non-hydrogen) atoms. The SMILES string of the molecule is CCCC(F)CCCSC(=O)CC. The van der Waals surface area contributed by atoms with E-state index in [4.69, 9.17) is 0 Å². The molecule has 1 atom stereocenters. The molecule has 0 bridgehead atoms. The standard InChI is InChI=1S/C10H19FOS/c1-3-6-9(11)7-5-8-13-10(12)4-2/h9H,3-8H2,1-2H3. The second kappa shape index (κ2) is 8.54. The van der Waals surface area contributed by atoms with Crippen LogP contribution in [0, 0.1) is 0 Å². The molecule has 0 saturated heterocycles. The number of thioether (sulfide) groups is 1. The zero-order chi connectivity index (χ0) is 10.1. The molecule has 0 heterocycles. The van der Waals surface area contributed by atoms with Gasteiger partial charge in [0, 0.05) is 12.2 Å². The van der Waals surface area contributed by atoms with E-state index >= 15 is 0 Å². The van der Waals surface area contributed by atoms with Crippen LogP contribution >= 0.6 is 11.8 Å². The van der Waals surface area contributed by atoms with Crippen LogP contribution in [0.15, 0.2) is 0 Å². The zero-order valence-electron chi connectivity index (χ0n) is 8.51. The van der Waals surface area contributed by atoms with Crippen molar-refractivity contribution in [3.63, 3.8) is 0 Å². The highest BCUT2D eigenvalue weighted by Crippen LogP contribution is 2.13. The molecular formula is C10H19FOS. The van der Waals surface area contributed by atoms with Crippen LogP contribution in [0.1, 0.15) is 46.0 Å². The molecule has 0 N–H and O–H groups in total. The lowest BCUT2D eigenvalue weighted by molar-refractivity contribution is -0.110. The van der Waals surface area contributed by atoms with Gasteiger partial charge in [0.25, 0.3) is 0 Å². The first-order valence-corrected chi connectivity index (χ1v) is 5.99. The average Bonchev–Trinajstić information content (AvgIpc) is 2.12. The summed E-state index contributed by atoms with van der Waals surface area (Å²) in [4.78, 5) is 10.9. The first-order chi connectivity index (χ1) is 6.20. The Morgan fingerprint density at radius 1 is 1.38 bits per heavy atom. The van der Waals surface area contributed by atoms with Crippen molar-refractivity contribution in [2.75, 3.05) is 5.75 Å². The van der Waals surface area contributed by atoms with Crippen LogP contribution in [-0.4, -0.2) is 17.0 Å². The molecule has 0 radical (unpaired) electrons. The van der Waals surface area contributed by atoms with E-state index in [0.29, 0.717) is 19.3 Å². The van der Waals surface area contributed by atoms with Crippen LogP contribution in [0.3, 0.4) is 0 Å². The van der Waals surface area contributed by atoms with Crippen LogP contribution in [0.5, 0.6) is 0 Å². The predicted molar refractivity (Wildman–Crippen MR) is 56.8 cm³/mol. The van der Waals surface area contributed by atoms with Crippen LogP contribution < -0.4 is 0 Å².